The summed E-state index contributed by atoms with van der Waals surface area (Å²) in [4.78, 5) is 0. The van der Waals surface area contributed by atoms with E-state index in [2.05, 4.69) is 21.1 Å². The molecule has 0 aliphatic carbocycles. The van der Waals surface area contributed by atoms with Crippen LogP contribution in [0.4, 0.5) is 4.39 Å². The van der Waals surface area contributed by atoms with Gasteiger partial charge in [-0.05, 0) is 25.1 Å². The fraction of sp³-hybridized carbons (Fsp3) is 0.182. The van der Waals surface area contributed by atoms with E-state index in [0.717, 1.165) is 4.47 Å². The van der Waals surface area contributed by atoms with Gasteiger partial charge in [-0.25, -0.2) is 4.39 Å². The minimum Gasteiger partial charge on any atom is -0.385 e. The summed E-state index contributed by atoms with van der Waals surface area (Å²) in [6, 6.07) is 6.08. The van der Waals surface area contributed by atoms with Gasteiger partial charge in [0.25, 0.3) is 0 Å². The molecular weight excluding hydrogens is 277 g/mol. The molecule has 1 N–H and O–H groups in total. The molecule has 1 aromatic heterocycles. The molecular formula is C11H9BrFNO2. The Morgan fingerprint density at radius 2 is 2.19 bits per heavy atom. The Balaban J connectivity index is 2.46. The highest BCUT2D eigenvalue weighted by Crippen LogP contribution is 2.27. The largest absolute Gasteiger partial charge is 0.385 e. The van der Waals surface area contributed by atoms with E-state index in [-0.39, 0.29) is 5.82 Å². The smallest absolute Gasteiger partial charge is 0.165 e. The minimum absolute atomic E-state index is 0.314. The molecule has 1 aromatic carbocycles. The first-order valence-electron chi connectivity index (χ1n) is 4.68. The van der Waals surface area contributed by atoms with Gasteiger partial charge in [0, 0.05) is 16.1 Å². The fourth-order valence-corrected chi connectivity index (χ4v) is 1.67. The molecule has 0 spiro atoms. The lowest BCUT2D eigenvalue weighted by Gasteiger charge is -1.98. The van der Waals surface area contributed by atoms with Crippen LogP contribution in [0.25, 0.3) is 11.3 Å². The molecule has 2 rings (SSSR count). The van der Waals surface area contributed by atoms with Crippen molar-refractivity contribution in [1.29, 1.82) is 0 Å². The first kappa shape index (κ1) is 11.3. The van der Waals surface area contributed by atoms with E-state index in [1.54, 1.807) is 19.1 Å². The molecule has 1 unspecified atom stereocenters. The quantitative estimate of drug-likeness (QED) is 0.921. The SMILES string of the molecule is CC(O)c1cc(-c2cc(Br)ccc2F)no1. The second kappa shape index (κ2) is 4.35. The molecule has 84 valence electrons. The van der Waals surface area contributed by atoms with Crippen LogP contribution in [0, 0.1) is 5.82 Å². The van der Waals surface area contributed by atoms with E-state index in [9.17, 15) is 9.50 Å². The summed E-state index contributed by atoms with van der Waals surface area (Å²) in [5.74, 6) is -0.0666. The van der Waals surface area contributed by atoms with Crippen molar-refractivity contribution in [3.05, 3.63) is 40.3 Å². The van der Waals surface area contributed by atoms with Crippen molar-refractivity contribution in [2.45, 2.75) is 13.0 Å². The van der Waals surface area contributed by atoms with E-state index >= 15 is 0 Å². The van der Waals surface area contributed by atoms with Crippen LogP contribution in [-0.4, -0.2) is 10.3 Å². The van der Waals surface area contributed by atoms with Gasteiger partial charge < -0.3 is 9.63 Å². The molecule has 0 fully saturated rings. The van der Waals surface area contributed by atoms with Crippen molar-refractivity contribution >= 4 is 15.9 Å². The van der Waals surface area contributed by atoms with Gasteiger partial charge in [-0.2, -0.15) is 0 Å². The van der Waals surface area contributed by atoms with Gasteiger partial charge in [0.05, 0.1) is 0 Å². The molecule has 0 saturated carbocycles. The van der Waals surface area contributed by atoms with Crippen LogP contribution in [0.2, 0.25) is 0 Å². The maximum absolute atomic E-state index is 13.5. The van der Waals surface area contributed by atoms with Crippen molar-refractivity contribution in [1.82, 2.24) is 5.16 Å². The summed E-state index contributed by atoms with van der Waals surface area (Å²) in [6.07, 6.45) is -0.753. The average molecular weight is 286 g/mol. The monoisotopic (exact) mass is 285 g/mol. The number of hydrogen-bond donors (Lipinski definition) is 1. The first-order chi connectivity index (χ1) is 7.58. The number of nitrogens with zero attached hydrogens (tertiary/aromatic N) is 1. The zero-order valence-electron chi connectivity index (χ0n) is 8.45. The predicted molar refractivity (Wildman–Crippen MR) is 60.2 cm³/mol. The highest BCUT2D eigenvalue weighted by Gasteiger charge is 2.13. The lowest BCUT2D eigenvalue weighted by molar-refractivity contribution is 0.158. The first-order valence-corrected chi connectivity index (χ1v) is 5.47. The van der Waals surface area contributed by atoms with Crippen molar-refractivity contribution in [3.8, 4) is 11.3 Å². The van der Waals surface area contributed by atoms with Crippen LogP contribution >= 0.6 is 15.9 Å². The summed E-state index contributed by atoms with van der Waals surface area (Å²) < 4.78 is 19.1. The number of benzene rings is 1. The second-order valence-electron chi connectivity index (χ2n) is 3.41. The molecule has 3 nitrogen and oxygen atoms in total. The Kier molecular flexibility index (Phi) is 3.07. The molecule has 0 amide bonds. The van der Waals surface area contributed by atoms with Gasteiger partial charge in [0.2, 0.25) is 0 Å². The maximum atomic E-state index is 13.5. The van der Waals surface area contributed by atoms with Crippen molar-refractivity contribution in [2.75, 3.05) is 0 Å². The molecule has 1 heterocycles. The third-order valence-electron chi connectivity index (χ3n) is 2.14. The van der Waals surface area contributed by atoms with Gasteiger partial charge in [0.15, 0.2) is 5.76 Å². The standard InChI is InChI=1S/C11H9BrFNO2/c1-6(15)11-5-10(14-16-11)8-4-7(12)2-3-9(8)13/h2-6,15H,1H3. The van der Waals surface area contributed by atoms with Crippen molar-refractivity contribution in [2.24, 2.45) is 0 Å². The van der Waals surface area contributed by atoms with E-state index in [0.29, 0.717) is 17.0 Å². The topological polar surface area (TPSA) is 46.3 Å². The molecule has 16 heavy (non-hydrogen) atoms. The molecule has 0 aliphatic heterocycles. The number of rotatable bonds is 2. The summed E-state index contributed by atoms with van der Waals surface area (Å²) in [6.45, 7) is 1.56. The lowest BCUT2D eigenvalue weighted by Crippen LogP contribution is -1.86. The van der Waals surface area contributed by atoms with Crippen LogP contribution in [0.1, 0.15) is 18.8 Å². The van der Waals surface area contributed by atoms with E-state index in [4.69, 9.17) is 4.52 Å². The van der Waals surface area contributed by atoms with Crippen LogP contribution in [0.15, 0.2) is 33.3 Å². The van der Waals surface area contributed by atoms with Gasteiger partial charge >= 0.3 is 0 Å². The molecule has 5 heteroatoms. The van der Waals surface area contributed by atoms with Gasteiger partial charge in [-0.1, -0.05) is 21.1 Å². The van der Waals surface area contributed by atoms with Crippen LogP contribution in [0.3, 0.4) is 0 Å². The van der Waals surface area contributed by atoms with Crippen LogP contribution < -0.4 is 0 Å². The van der Waals surface area contributed by atoms with E-state index in [1.807, 2.05) is 0 Å². The Morgan fingerprint density at radius 1 is 1.44 bits per heavy atom. The summed E-state index contributed by atoms with van der Waals surface area (Å²) in [7, 11) is 0. The van der Waals surface area contributed by atoms with Gasteiger partial charge in [0.1, 0.15) is 17.6 Å². The molecule has 1 atom stereocenters. The van der Waals surface area contributed by atoms with Crippen LogP contribution in [-0.2, 0) is 0 Å². The fourth-order valence-electron chi connectivity index (χ4n) is 1.31. The number of halogens is 2. The van der Waals surface area contributed by atoms with E-state index in [1.165, 1.54) is 12.1 Å². The van der Waals surface area contributed by atoms with Gasteiger partial charge in [-0.3, -0.25) is 0 Å². The lowest BCUT2D eigenvalue weighted by atomic mass is 10.1. The third kappa shape index (κ3) is 2.15. The molecule has 0 radical (unpaired) electrons. The zero-order valence-corrected chi connectivity index (χ0v) is 10.0. The molecule has 0 saturated heterocycles. The third-order valence-corrected chi connectivity index (χ3v) is 2.64. The summed E-state index contributed by atoms with van der Waals surface area (Å²) in [5, 5.41) is 13.0. The normalized spacial score (nSPS) is 12.8. The Labute approximate surface area is 100 Å². The predicted octanol–water partition coefficient (Wildman–Crippen LogP) is 3.30. The highest BCUT2D eigenvalue weighted by atomic mass is 79.9. The highest BCUT2D eigenvalue weighted by molar-refractivity contribution is 9.10. The zero-order chi connectivity index (χ0) is 11.7. The number of aliphatic hydroxyl groups excluding tert-OH is 1. The Hall–Kier alpha value is -1.20. The van der Waals surface area contributed by atoms with Crippen molar-refractivity contribution in [3.63, 3.8) is 0 Å². The summed E-state index contributed by atoms with van der Waals surface area (Å²) in [5.41, 5.74) is 0.708. The number of hydrogen-bond acceptors (Lipinski definition) is 3. The molecule has 0 aliphatic rings. The number of aromatic nitrogens is 1. The maximum Gasteiger partial charge on any atom is 0.165 e. The molecule has 2 aromatic rings. The van der Waals surface area contributed by atoms with Gasteiger partial charge in [-0.15, -0.1) is 0 Å². The van der Waals surface area contributed by atoms with Crippen molar-refractivity contribution < 1.29 is 14.0 Å². The Morgan fingerprint density at radius 3 is 2.81 bits per heavy atom. The Bertz CT molecular complexity index is 510. The minimum atomic E-state index is -0.753. The summed E-state index contributed by atoms with van der Waals surface area (Å²) >= 11 is 3.25. The van der Waals surface area contributed by atoms with Crippen LogP contribution in [0.5, 0.6) is 0 Å². The second-order valence-corrected chi connectivity index (χ2v) is 4.33. The van der Waals surface area contributed by atoms with E-state index < -0.39 is 6.10 Å². The average Bonchev–Trinajstić information content (AvgIpc) is 2.70. The number of aliphatic hydroxyl groups is 1. The molecule has 0 bridgehead atoms.